The molecule has 4 aromatic rings. The van der Waals surface area contributed by atoms with Crippen molar-refractivity contribution in [1.29, 1.82) is 0 Å². The number of oxazole rings is 1. The fraction of sp³-hybridized carbons (Fsp3) is 0.310. The summed E-state index contributed by atoms with van der Waals surface area (Å²) in [6, 6.07) is 16.5. The number of rotatable bonds is 8. The molecule has 2 aromatic heterocycles. The number of aromatic amines is 1. The number of H-pyrrole nitrogens is 1. The van der Waals surface area contributed by atoms with Gasteiger partial charge in [0.25, 0.3) is 11.6 Å². The molecule has 2 N–H and O–H groups in total. The Hall–Kier alpha value is -3.84. The predicted molar refractivity (Wildman–Crippen MR) is 146 cm³/mol. The summed E-state index contributed by atoms with van der Waals surface area (Å²) in [7, 11) is 2.10. The van der Waals surface area contributed by atoms with Gasteiger partial charge in [-0.3, -0.25) is 4.79 Å². The van der Waals surface area contributed by atoms with Crippen molar-refractivity contribution in [2.24, 2.45) is 0 Å². The lowest BCUT2D eigenvalue weighted by atomic mass is 10.0. The zero-order valence-electron chi connectivity index (χ0n) is 21.2. The van der Waals surface area contributed by atoms with Crippen LogP contribution in [0.25, 0.3) is 22.5 Å². The maximum Gasteiger partial charge on any atom is 0.299 e. The molecule has 0 unspecified atom stereocenters. The molecule has 36 heavy (non-hydrogen) atoms. The van der Waals surface area contributed by atoms with Gasteiger partial charge in [0.05, 0.1) is 6.20 Å². The van der Waals surface area contributed by atoms with E-state index in [1.807, 2.05) is 18.2 Å². The largest absolute Gasteiger partial charge is 0.423 e. The lowest BCUT2D eigenvalue weighted by Gasteiger charge is -2.24. The molecular weight excluding hydrogens is 450 g/mol. The molecule has 7 nitrogen and oxygen atoms in total. The Balaban J connectivity index is 1.46. The SMILES string of the molecule is Cc1ccc(C)c(Nc2ncc(-c3cc(-c4ccc[nH]c4=O)cc(N(C)CCN4CCCC4)c3)o2)c1. The Morgan fingerprint density at radius 1 is 1.08 bits per heavy atom. The molecule has 1 saturated heterocycles. The van der Waals surface area contributed by atoms with Crippen LogP contribution in [0.1, 0.15) is 24.0 Å². The minimum absolute atomic E-state index is 0.116. The molecule has 0 amide bonds. The second-order valence-electron chi connectivity index (χ2n) is 9.62. The zero-order valence-corrected chi connectivity index (χ0v) is 21.2. The number of aryl methyl sites for hydroxylation is 2. The fourth-order valence-corrected chi connectivity index (χ4v) is 4.66. The van der Waals surface area contributed by atoms with Crippen LogP contribution in [0, 0.1) is 13.8 Å². The smallest absolute Gasteiger partial charge is 0.299 e. The van der Waals surface area contributed by atoms with Gasteiger partial charge in [-0.15, -0.1) is 0 Å². The third-order valence-electron chi connectivity index (χ3n) is 6.86. The van der Waals surface area contributed by atoms with Gasteiger partial charge in [0.2, 0.25) is 0 Å². The highest BCUT2D eigenvalue weighted by Gasteiger charge is 2.16. The summed E-state index contributed by atoms with van der Waals surface area (Å²) in [5.74, 6) is 0.645. The van der Waals surface area contributed by atoms with Crippen molar-refractivity contribution in [2.75, 3.05) is 43.4 Å². The second-order valence-corrected chi connectivity index (χ2v) is 9.62. The van der Waals surface area contributed by atoms with Crippen molar-refractivity contribution in [3.8, 4) is 22.5 Å². The lowest BCUT2D eigenvalue weighted by Crippen LogP contribution is -2.31. The molecule has 1 fully saturated rings. The Morgan fingerprint density at radius 3 is 2.69 bits per heavy atom. The van der Waals surface area contributed by atoms with E-state index in [2.05, 4.69) is 76.3 Å². The number of nitrogens with one attached hydrogen (secondary N) is 2. The average molecular weight is 484 g/mol. The van der Waals surface area contributed by atoms with Gasteiger partial charge in [-0.25, -0.2) is 4.98 Å². The fourth-order valence-electron chi connectivity index (χ4n) is 4.66. The Bertz CT molecular complexity index is 1400. The first kappa shape index (κ1) is 23.9. The molecule has 7 heteroatoms. The predicted octanol–water partition coefficient (Wildman–Crippen LogP) is 5.59. The van der Waals surface area contributed by atoms with Gasteiger partial charge in [0.1, 0.15) is 0 Å². The normalized spacial score (nSPS) is 13.8. The van der Waals surface area contributed by atoms with Gasteiger partial charge in [-0.1, -0.05) is 12.1 Å². The summed E-state index contributed by atoms with van der Waals surface area (Å²) < 4.78 is 6.13. The molecule has 0 saturated carbocycles. The molecule has 5 rings (SSSR count). The first-order valence-corrected chi connectivity index (χ1v) is 12.5. The molecule has 0 aliphatic carbocycles. The number of hydrogen-bond donors (Lipinski definition) is 2. The van der Waals surface area contributed by atoms with Crippen LogP contribution in [-0.2, 0) is 0 Å². The van der Waals surface area contributed by atoms with Gasteiger partial charge in [-0.05, 0) is 92.9 Å². The minimum Gasteiger partial charge on any atom is -0.423 e. The van der Waals surface area contributed by atoms with Gasteiger partial charge in [0.15, 0.2) is 5.76 Å². The van der Waals surface area contributed by atoms with Crippen molar-refractivity contribution < 1.29 is 4.42 Å². The molecule has 1 aliphatic rings. The van der Waals surface area contributed by atoms with Crippen molar-refractivity contribution in [1.82, 2.24) is 14.9 Å². The number of likely N-dealkylation sites (tertiary alicyclic amines) is 1. The summed E-state index contributed by atoms with van der Waals surface area (Å²) in [5.41, 5.74) is 6.51. The van der Waals surface area contributed by atoms with E-state index in [0.717, 1.165) is 46.7 Å². The monoisotopic (exact) mass is 483 g/mol. The molecule has 0 radical (unpaired) electrons. The van der Waals surface area contributed by atoms with Crippen molar-refractivity contribution >= 4 is 17.4 Å². The molecular formula is C29H33N5O2. The van der Waals surface area contributed by atoms with E-state index in [9.17, 15) is 4.79 Å². The van der Waals surface area contributed by atoms with Crippen molar-refractivity contribution in [2.45, 2.75) is 26.7 Å². The first-order valence-electron chi connectivity index (χ1n) is 12.5. The number of nitrogens with zero attached hydrogens (tertiary/aromatic N) is 3. The Labute approximate surface area is 211 Å². The van der Waals surface area contributed by atoms with Gasteiger partial charge >= 0.3 is 0 Å². The van der Waals surface area contributed by atoms with E-state index in [1.165, 1.54) is 25.9 Å². The summed E-state index contributed by atoms with van der Waals surface area (Å²) >= 11 is 0. The maximum atomic E-state index is 12.6. The van der Waals surface area contributed by atoms with Crippen LogP contribution in [-0.4, -0.2) is 48.1 Å². The average Bonchev–Trinajstić information content (AvgIpc) is 3.57. The van der Waals surface area contributed by atoms with Gasteiger partial charge in [-0.2, -0.15) is 0 Å². The van der Waals surface area contributed by atoms with Crippen LogP contribution in [0.2, 0.25) is 0 Å². The standard InChI is InChI=1S/C29H33N5O2/c1-20-8-9-21(2)26(15-20)32-29-31-19-27(36-29)23-16-22(25-7-6-10-30-28(25)35)17-24(18-23)33(3)13-14-34-11-4-5-12-34/h6-10,15-19H,4-5,11-14H2,1-3H3,(H,30,35)(H,31,32). The summed E-state index contributed by atoms with van der Waals surface area (Å²) in [6.07, 6.45) is 5.95. The van der Waals surface area contributed by atoms with Crippen LogP contribution >= 0.6 is 0 Å². The molecule has 1 aliphatic heterocycles. The van der Waals surface area contributed by atoms with Crippen LogP contribution in [0.3, 0.4) is 0 Å². The Kier molecular flexibility index (Phi) is 6.91. The summed E-state index contributed by atoms with van der Waals surface area (Å²) in [4.78, 5) is 24.6. The maximum absolute atomic E-state index is 12.6. The third kappa shape index (κ3) is 5.36. The molecule has 0 atom stereocenters. The second kappa shape index (κ2) is 10.4. The molecule has 0 bridgehead atoms. The number of hydrogen-bond acceptors (Lipinski definition) is 6. The highest BCUT2D eigenvalue weighted by atomic mass is 16.4. The highest BCUT2D eigenvalue weighted by molar-refractivity contribution is 5.76. The van der Waals surface area contributed by atoms with E-state index in [-0.39, 0.29) is 5.56 Å². The topological polar surface area (TPSA) is 77.4 Å². The van der Waals surface area contributed by atoms with E-state index in [4.69, 9.17) is 4.42 Å². The lowest BCUT2D eigenvalue weighted by molar-refractivity contribution is 0.346. The molecule has 3 heterocycles. The van der Waals surface area contributed by atoms with E-state index in [1.54, 1.807) is 12.4 Å². The number of pyridine rings is 1. The van der Waals surface area contributed by atoms with Crippen LogP contribution < -0.4 is 15.8 Å². The van der Waals surface area contributed by atoms with Crippen LogP contribution in [0.5, 0.6) is 0 Å². The Morgan fingerprint density at radius 2 is 1.89 bits per heavy atom. The van der Waals surface area contributed by atoms with Crippen molar-refractivity contribution in [3.63, 3.8) is 0 Å². The third-order valence-corrected chi connectivity index (χ3v) is 6.86. The zero-order chi connectivity index (χ0) is 25.1. The molecule has 186 valence electrons. The van der Waals surface area contributed by atoms with E-state index in [0.29, 0.717) is 17.3 Å². The van der Waals surface area contributed by atoms with E-state index >= 15 is 0 Å². The summed E-state index contributed by atoms with van der Waals surface area (Å²) in [5, 5.41) is 3.30. The van der Waals surface area contributed by atoms with Crippen LogP contribution in [0.4, 0.5) is 17.4 Å². The van der Waals surface area contributed by atoms with E-state index < -0.39 is 0 Å². The minimum atomic E-state index is -0.116. The first-order chi connectivity index (χ1) is 17.5. The number of aromatic nitrogens is 2. The van der Waals surface area contributed by atoms with Gasteiger partial charge in [0, 0.05) is 48.8 Å². The van der Waals surface area contributed by atoms with Crippen molar-refractivity contribution in [3.05, 3.63) is 82.4 Å². The number of likely N-dealkylation sites (N-methyl/N-ethyl adjacent to an activating group) is 1. The molecule has 0 spiro atoms. The number of anilines is 3. The van der Waals surface area contributed by atoms with Crippen LogP contribution in [0.15, 0.2) is 70.1 Å². The van der Waals surface area contributed by atoms with Gasteiger partial charge < -0.3 is 24.5 Å². The quantitative estimate of drug-likeness (QED) is 0.340. The highest BCUT2D eigenvalue weighted by Crippen LogP contribution is 2.32. The number of benzene rings is 2. The summed E-state index contributed by atoms with van der Waals surface area (Å²) in [6.45, 7) is 8.39. The molecule has 2 aromatic carbocycles.